The van der Waals surface area contributed by atoms with Crippen LogP contribution in [0.1, 0.15) is 25.5 Å². The minimum Gasteiger partial charge on any atom is -0.383 e. The largest absolute Gasteiger partial charge is 0.383 e. The van der Waals surface area contributed by atoms with Crippen LogP contribution in [0.25, 0.3) is 11.3 Å². The summed E-state index contributed by atoms with van der Waals surface area (Å²) in [7, 11) is 0. The first kappa shape index (κ1) is 14.1. The summed E-state index contributed by atoms with van der Waals surface area (Å²) in [4.78, 5) is 14.5. The van der Waals surface area contributed by atoms with E-state index in [-0.39, 0.29) is 11.7 Å². The molecule has 1 aromatic carbocycles. The quantitative estimate of drug-likeness (QED) is 0.666. The van der Waals surface area contributed by atoms with E-state index in [4.69, 9.17) is 5.73 Å². The molecule has 0 atom stereocenters. The third-order valence-electron chi connectivity index (χ3n) is 3.50. The molecule has 1 aromatic heterocycles. The van der Waals surface area contributed by atoms with Crippen LogP contribution in [0.2, 0.25) is 0 Å². The van der Waals surface area contributed by atoms with Crippen LogP contribution < -0.4 is 11.1 Å². The lowest BCUT2D eigenvalue weighted by molar-refractivity contribution is -0.384. The van der Waals surface area contributed by atoms with Gasteiger partial charge in [-0.1, -0.05) is 0 Å². The molecule has 0 aliphatic carbocycles. The fraction of sp³-hybridized carbons (Fsp3) is 0.286. The fourth-order valence-electron chi connectivity index (χ4n) is 2.44. The van der Waals surface area contributed by atoms with E-state index in [0.29, 0.717) is 18.2 Å². The minimum absolute atomic E-state index is 0.0423. The van der Waals surface area contributed by atoms with Gasteiger partial charge in [0.25, 0.3) is 5.69 Å². The average molecular weight is 300 g/mol. The highest BCUT2D eigenvalue weighted by Gasteiger charge is 2.25. The lowest BCUT2D eigenvalue weighted by Gasteiger charge is -2.16. The van der Waals surface area contributed by atoms with E-state index < -0.39 is 4.92 Å². The number of nitrogens with two attached hydrogens (primary N) is 1. The van der Waals surface area contributed by atoms with Crippen LogP contribution in [-0.4, -0.2) is 27.2 Å². The van der Waals surface area contributed by atoms with Gasteiger partial charge < -0.3 is 11.1 Å². The van der Waals surface area contributed by atoms with Gasteiger partial charge in [0.2, 0.25) is 0 Å². The molecule has 0 saturated carbocycles. The van der Waals surface area contributed by atoms with Crippen molar-refractivity contribution < 1.29 is 4.92 Å². The van der Waals surface area contributed by atoms with Crippen molar-refractivity contribution in [3.63, 3.8) is 0 Å². The second-order valence-corrected chi connectivity index (χ2v) is 5.29. The van der Waals surface area contributed by atoms with Crippen molar-refractivity contribution >= 4 is 17.3 Å². The number of amidine groups is 1. The zero-order chi connectivity index (χ0) is 15.9. The number of rotatable bonds is 3. The van der Waals surface area contributed by atoms with Crippen LogP contribution in [0, 0.1) is 10.1 Å². The molecular weight excluding hydrogens is 284 g/mol. The maximum atomic E-state index is 10.8. The van der Waals surface area contributed by atoms with E-state index in [1.165, 1.54) is 12.1 Å². The molecule has 8 nitrogen and oxygen atoms in total. The van der Waals surface area contributed by atoms with E-state index in [9.17, 15) is 10.1 Å². The molecule has 2 aromatic rings. The second-order valence-electron chi connectivity index (χ2n) is 5.29. The van der Waals surface area contributed by atoms with Gasteiger partial charge >= 0.3 is 0 Å². The van der Waals surface area contributed by atoms with Crippen molar-refractivity contribution in [2.24, 2.45) is 10.7 Å². The molecule has 1 aliphatic rings. The van der Waals surface area contributed by atoms with Crippen LogP contribution >= 0.6 is 0 Å². The molecule has 3 N–H and O–H groups in total. The summed E-state index contributed by atoms with van der Waals surface area (Å²) in [6.45, 7) is 4.46. The van der Waals surface area contributed by atoms with Gasteiger partial charge in [-0.05, 0) is 26.0 Å². The van der Waals surface area contributed by atoms with E-state index >= 15 is 0 Å². The average Bonchev–Trinajstić information content (AvgIpc) is 2.88. The standard InChI is InChI=1S/C14H16N6O2/c1-8(2)19-14-11(13(15)16-7-17-14)12(18-19)9-3-5-10(6-4-9)20(21)22/h3-6,8,17H,7H2,1-2H3,(H2,15,16). The molecule has 2 heterocycles. The Bertz CT molecular complexity index is 760. The summed E-state index contributed by atoms with van der Waals surface area (Å²) in [6.07, 6.45) is 0. The summed E-state index contributed by atoms with van der Waals surface area (Å²) in [5.41, 5.74) is 8.25. The number of anilines is 1. The number of nitro benzene ring substituents is 1. The van der Waals surface area contributed by atoms with Crippen LogP contribution in [0.15, 0.2) is 29.3 Å². The minimum atomic E-state index is -0.427. The Balaban J connectivity index is 2.15. The fourth-order valence-corrected chi connectivity index (χ4v) is 2.44. The maximum Gasteiger partial charge on any atom is 0.269 e. The van der Waals surface area contributed by atoms with Crippen LogP contribution in [-0.2, 0) is 0 Å². The lowest BCUT2D eigenvalue weighted by atomic mass is 10.1. The zero-order valence-electron chi connectivity index (χ0n) is 12.3. The first-order chi connectivity index (χ1) is 10.5. The van der Waals surface area contributed by atoms with E-state index in [1.807, 2.05) is 18.5 Å². The van der Waals surface area contributed by atoms with Gasteiger partial charge in [-0.3, -0.25) is 10.1 Å². The third kappa shape index (κ3) is 2.18. The van der Waals surface area contributed by atoms with E-state index in [1.54, 1.807) is 12.1 Å². The molecular formula is C14H16N6O2. The van der Waals surface area contributed by atoms with Crippen molar-refractivity contribution in [2.45, 2.75) is 19.9 Å². The van der Waals surface area contributed by atoms with Gasteiger partial charge in [0, 0.05) is 23.7 Å². The number of hydrogen-bond acceptors (Lipinski definition) is 6. The number of aromatic nitrogens is 2. The number of nitrogens with one attached hydrogen (secondary N) is 1. The number of nitro groups is 1. The number of aliphatic imine (C=N–C) groups is 1. The van der Waals surface area contributed by atoms with E-state index in [2.05, 4.69) is 15.4 Å². The first-order valence-corrected chi connectivity index (χ1v) is 6.90. The molecule has 0 amide bonds. The zero-order valence-corrected chi connectivity index (χ0v) is 12.3. The topological polar surface area (TPSA) is 111 Å². The Morgan fingerprint density at radius 2 is 2.05 bits per heavy atom. The summed E-state index contributed by atoms with van der Waals surface area (Å²) in [6, 6.07) is 6.42. The van der Waals surface area contributed by atoms with Crippen molar-refractivity contribution in [3.05, 3.63) is 39.9 Å². The van der Waals surface area contributed by atoms with Crippen molar-refractivity contribution in [1.82, 2.24) is 9.78 Å². The highest BCUT2D eigenvalue weighted by Crippen LogP contribution is 2.33. The molecule has 22 heavy (non-hydrogen) atoms. The highest BCUT2D eigenvalue weighted by molar-refractivity contribution is 6.08. The highest BCUT2D eigenvalue weighted by atomic mass is 16.6. The summed E-state index contributed by atoms with van der Waals surface area (Å²) < 4.78 is 1.85. The predicted octanol–water partition coefficient (Wildman–Crippen LogP) is 2.13. The number of fused-ring (bicyclic) bond motifs is 1. The number of non-ortho nitro benzene ring substituents is 1. The Morgan fingerprint density at radius 1 is 1.36 bits per heavy atom. The van der Waals surface area contributed by atoms with Gasteiger partial charge in [0.1, 0.15) is 24.0 Å². The molecule has 1 aliphatic heterocycles. The lowest BCUT2D eigenvalue weighted by Crippen LogP contribution is -2.23. The molecule has 0 bridgehead atoms. The van der Waals surface area contributed by atoms with Crippen LogP contribution in [0.3, 0.4) is 0 Å². The number of nitrogens with zero attached hydrogens (tertiary/aromatic N) is 4. The van der Waals surface area contributed by atoms with Crippen LogP contribution in [0.5, 0.6) is 0 Å². The number of benzene rings is 1. The first-order valence-electron chi connectivity index (χ1n) is 6.90. The van der Waals surface area contributed by atoms with Gasteiger partial charge in [-0.2, -0.15) is 5.10 Å². The molecule has 0 fully saturated rings. The van der Waals surface area contributed by atoms with Crippen molar-refractivity contribution in [2.75, 3.05) is 12.0 Å². The summed E-state index contributed by atoms with van der Waals surface area (Å²) in [5.74, 6) is 1.25. The molecule has 3 rings (SSSR count). The van der Waals surface area contributed by atoms with Crippen molar-refractivity contribution in [1.29, 1.82) is 0 Å². The second kappa shape index (κ2) is 5.14. The smallest absolute Gasteiger partial charge is 0.269 e. The molecule has 114 valence electrons. The Kier molecular flexibility index (Phi) is 3.28. The summed E-state index contributed by atoms with van der Waals surface area (Å²) >= 11 is 0. The molecule has 0 spiro atoms. The number of hydrogen-bond donors (Lipinski definition) is 2. The SMILES string of the molecule is CC(C)n1nc(-c2ccc([N+](=O)[O-])cc2)c2c1NCN=C2N. The van der Waals surface area contributed by atoms with Gasteiger partial charge in [-0.15, -0.1) is 0 Å². The monoisotopic (exact) mass is 300 g/mol. The Hall–Kier alpha value is -2.90. The maximum absolute atomic E-state index is 10.8. The molecule has 8 heteroatoms. The summed E-state index contributed by atoms with van der Waals surface area (Å²) in [5, 5.41) is 18.6. The molecule has 0 radical (unpaired) electrons. The van der Waals surface area contributed by atoms with Gasteiger partial charge in [-0.25, -0.2) is 9.67 Å². The van der Waals surface area contributed by atoms with Gasteiger partial charge in [0.05, 0.1) is 10.5 Å². The van der Waals surface area contributed by atoms with Crippen molar-refractivity contribution in [3.8, 4) is 11.3 Å². The third-order valence-corrected chi connectivity index (χ3v) is 3.50. The van der Waals surface area contributed by atoms with E-state index in [0.717, 1.165) is 16.9 Å². The normalized spacial score (nSPS) is 13.5. The predicted molar refractivity (Wildman–Crippen MR) is 83.9 cm³/mol. The van der Waals surface area contributed by atoms with Gasteiger partial charge in [0.15, 0.2) is 0 Å². The molecule has 0 saturated heterocycles. The van der Waals surface area contributed by atoms with Crippen LogP contribution in [0.4, 0.5) is 11.5 Å². The Labute approximate surface area is 126 Å². The Morgan fingerprint density at radius 3 is 2.64 bits per heavy atom. The molecule has 0 unspecified atom stereocenters.